The maximum absolute atomic E-state index is 12.3. The van der Waals surface area contributed by atoms with Crippen molar-refractivity contribution in [2.75, 3.05) is 7.11 Å². The molecule has 0 unspecified atom stereocenters. The summed E-state index contributed by atoms with van der Waals surface area (Å²) >= 11 is 0. The molecule has 5 nitrogen and oxygen atoms in total. The summed E-state index contributed by atoms with van der Waals surface area (Å²) in [7, 11) is 1.39. The van der Waals surface area contributed by atoms with E-state index in [-0.39, 0.29) is 12.0 Å². The van der Waals surface area contributed by atoms with E-state index >= 15 is 0 Å². The lowest BCUT2D eigenvalue weighted by Crippen LogP contribution is -2.11. The van der Waals surface area contributed by atoms with E-state index in [4.69, 9.17) is 4.74 Å². The molecule has 3 aromatic rings. The molecule has 0 fully saturated rings. The zero-order valence-electron chi connectivity index (χ0n) is 13.4. The molecule has 0 N–H and O–H groups in total. The molecule has 5 heteroatoms. The molecule has 0 radical (unpaired) electrons. The summed E-state index contributed by atoms with van der Waals surface area (Å²) in [5.74, 6) is 0.314. The Balaban J connectivity index is 2.14. The minimum atomic E-state index is -0.382. The van der Waals surface area contributed by atoms with Crippen LogP contribution in [-0.4, -0.2) is 27.4 Å². The van der Waals surface area contributed by atoms with Crippen LogP contribution in [0.1, 0.15) is 30.4 Å². The molecule has 0 bridgehead atoms. The van der Waals surface area contributed by atoms with Gasteiger partial charge in [0.1, 0.15) is 5.69 Å². The van der Waals surface area contributed by atoms with Gasteiger partial charge < -0.3 is 4.74 Å². The molecule has 2 aromatic heterocycles. The van der Waals surface area contributed by atoms with E-state index in [0.29, 0.717) is 11.5 Å². The summed E-state index contributed by atoms with van der Waals surface area (Å²) < 4.78 is 8.61. The van der Waals surface area contributed by atoms with E-state index in [0.717, 1.165) is 11.1 Å². The number of esters is 1. The topological polar surface area (TPSA) is 49.0 Å². The van der Waals surface area contributed by atoms with Crippen LogP contribution in [0.3, 0.4) is 0 Å². The SMILES string of the molecule is COC(=O)c1c(-c2ccccc2)ccn1-c1ccn(C(C)C)n1. The molecule has 118 valence electrons. The Labute approximate surface area is 135 Å². The van der Waals surface area contributed by atoms with Gasteiger partial charge in [-0.1, -0.05) is 30.3 Å². The van der Waals surface area contributed by atoms with Gasteiger partial charge in [0, 0.05) is 30.1 Å². The first kappa shape index (κ1) is 15.1. The van der Waals surface area contributed by atoms with Crippen molar-refractivity contribution in [2.24, 2.45) is 0 Å². The van der Waals surface area contributed by atoms with E-state index in [9.17, 15) is 4.79 Å². The van der Waals surface area contributed by atoms with Gasteiger partial charge in [0.15, 0.2) is 5.82 Å². The normalized spacial score (nSPS) is 11.0. The minimum Gasteiger partial charge on any atom is -0.464 e. The van der Waals surface area contributed by atoms with Crippen LogP contribution in [0.4, 0.5) is 0 Å². The van der Waals surface area contributed by atoms with Crippen molar-refractivity contribution in [3.63, 3.8) is 0 Å². The molecule has 23 heavy (non-hydrogen) atoms. The van der Waals surface area contributed by atoms with Crippen molar-refractivity contribution in [3.8, 4) is 16.9 Å². The molecule has 3 rings (SSSR count). The Morgan fingerprint density at radius 2 is 1.83 bits per heavy atom. The number of benzene rings is 1. The second kappa shape index (κ2) is 6.12. The zero-order valence-corrected chi connectivity index (χ0v) is 13.4. The summed E-state index contributed by atoms with van der Waals surface area (Å²) in [5, 5.41) is 4.54. The van der Waals surface area contributed by atoms with Gasteiger partial charge in [-0.2, -0.15) is 5.10 Å². The Bertz CT molecular complexity index is 816. The number of ether oxygens (including phenoxy) is 1. The van der Waals surface area contributed by atoms with Crippen molar-refractivity contribution in [1.82, 2.24) is 14.3 Å². The van der Waals surface area contributed by atoms with Crippen molar-refractivity contribution in [1.29, 1.82) is 0 Å². The molecular formula is C18H19N3O2. The summed E-state index contributed by atoms with van der Waals surface area (Å²) in [4.78, 5) is 12.3. The Hall–Kier alpha value is -2.82. The molecule has 0 saturated heterocycles. The van der Waals surface area contributed by atoms with E-state index in [1.807, 2.05) is 59.5 Å². The largest absolute Gasteiger partial charge is 0.464 e. The predicted molar refractivity (Wildman–Crippen MR) is 88.7 cm³/mol. The fourth-order valence-corrected chi connectivity index (χ4v) is 2.52. The van der Waals surface area contributed by atoms with Gasteiger partial charge in [-0.05, 0) is 25.5 Å². The third-order valence-corrected chi connectivity index (χ3v) is 3.72. The molecule has 0 saturated carbocycles. The lowest BCUT2D eigenvalue weighted by molar-refractivity contribution is 0.0592. The number of hydrogen-bond acceptors (Lipinski definition) is 3. The number of rotatable bonds is 4. The highest BCUT2D eigenvalue weighted by atomic mass is 16.5. The highest BCUT2D eigenvalue weighted by molar-refractivity contribution is 5.96. The number of aromatic nitrogens is 3. The third-order valence-electron chi connectivity index (χ3n) is 3.72. The molecule has 0 amide bonds. The van der Waals surface area contributed by atoms with Crippen LogP contribution in [0.2, 0.25) is 0 Å². The van der Waals surface area contributed by atoms with Gasteiger partial charge in [-0.3, -0.25) is 9.25 Å². The smallest absolute Gasteiger partial charge is 0.355 e. The van der Waals surface area contributed by atoms with Crippen molar-refractivity contribution < 1.29 is 9.53 Å². The molecule has 0 aliphatic rings. The number of carbonyl (C=O) groups excluding carboxylic acids is 1. The van der Waals surface area contributed by atoms with Crippen molar-refractivity contribution in [3.05, 3.63) is 60.6 Å². The first-order valence-electron chi connectivity index (χ1n) is 7.52. The quantitative estimate of drug-likeness (QED) is 0.690. The van der Waals surface area contributed by atoms with Crippen LogP contribution in [0.5, 0.6) is 0 Å². The monoisotopic (exact) mass is 309 g/mol. The predicted octanol–water partition coefficient (Wildman–Crippen LogP) is 3.71. The van der Waals surface area contributed by atoms with Gasteiger partial charge >= 0.3 is 5.97 Å². The molecule has 1 aromatic carbocycles. The standard InChI is InChI=1S/C18H19N3O2/c1-13(2)21-12-10-16(19-21)20-11-9-15(17(20)18(22)23-3)14-7-5-4-6-8-14/h4-13H,1-3H3. The van der Waals surface area contributed by atoms with Crippen molar-refractivity contribution in [2.45, 2.75) is 19.9 Å². The minimum absolute atomic E-state index is 0.259. The van der Waals surface area contributed by atoms with Gasteiger partial charge in [-0.15, -0.1) is 0 Å². The van der Waals surface area contributed by atoms with Crippen LogP contribution in [0.25, 0.3) is 16.9 Å². The number of nitrogens with zero attached hydrogens (tertiary/aromatic N) is 3. The number of methoxy groups -OCH3 is 1. The Kier molecular flexibility index (Phi) is 4.02. The number of hydrogen-bond donors (Lipinski definition) is 0. The molecule has 0 atom stereocenters. The van der Waals surface area contributed by atoms with Crippen LogP contribution in [0, 0.1) is 0 Å². The van der Waals surface area contributed by atoms with Gasteiger partial charge in [0.2, 0.25) is 0 Å². The lowest BCUT2D eigenvalue weighted by atomic mass is 10.1. The first-order valence-corrected chi connectivity index (χ1v) is 7.52. The molecule has 0 aliphatic carbocycles. The van der Waals surface area contributed by atoms with Crippen LogP contribution in [-0.2, 0) is 4.74 Å². The maximum Gasteiger partial charge on any atom is 0.355 e. The highest BCUT2D eigenvalue weighted by Gasteiger charge is 2.21. The number of carbonyl (C=O) groups is 1. The van der Waals surface area contributed by atoms with E-state index in [1.54, 1.807) is 4.57 Å². The Morgan fingerprint density at radius 3 is 2.43 bits per heavy atom. The molecule has 0 spiro atoms. The van der Waals surface area contributed by atoms with Gasteiger partial charge in [0.25, 0.3) is 0 Å². The van der Waals surface area contributed by atoms with Gasteiger partial charge in [-0.25, -0.2) is 4.79 Å². The maximum atomic E-state index is 12.3. The van der Waals surface area contributed by atoms with Crippen LogP contribution in [0.15, 0.2) is 54.9 Å². The fraction of sp³-hybridized carbons (Fsp3) is 0.222. The average molecular weight is 309 g/mol. The summed E-state index contributed by atoms with van der Waals surface area (Å²) in [5.41, 5.74) is 2.28. The van der Waals surface area contributed by atoms with Gasteiger partial charge in [0.05, 0.1) is 7.11 Å². The summed E-state index contributed by atoms with van der Waals surface area (Å²) in [6.07, 6.45) is 3.75. The fourth-order valence-electron chi connectivity index (χ4n) is 2.52. The highest BCUT2D eigenvalue weighted by Crippen LogP contribution is 2.27. The van der Waals surface area contributed by atoms with E-state index < -0.39 is 0 Å². The van der Waals surface area contributed by atoms with Crippen LogP contribution >= 0.6 is 0 Å². The second-order valence-corrected chi connectivity index (χ2v) is 5.55. The van der Waals surface area contributed by atoms with Crippen LogP contribution < -0.4 is 0 Å². The average Bonchev–Trinajstić information content (AvgIpc) is 3.21. The molecular weight excluding hydrogens is 290 g/mol. The first-order chi connectivity index (χ1) is 11.1. The van der Waals surface area contributed by atoms with Crippen molar-refractivity contribution >= 4 is 5.97 Å². The van der Waals surface area contributed by atoms with E-state index in [1.165, 1.54) is 7.11 Å². The second-order valence-electron chi connectivity index (χ2n) is 5.55. The van der Waals surface area contributed by atoms with E-state index in [2.05, 4.69) is 18.9 Å². The molecule has 2 heterocycles. The summed E-state index contributed by atoms with van der Waals surface area (Å²) in [6, 6.07) is 13.8. The molecule has 0 aliphatic heterocycles. The lowest BCUT2D eigenvalue weighted by Gasteiger charge is -2.08. The summed E-state index contributed by atoms with van der Waals surface area (Å²) in [6.45, 7) is 4.12. The zero-order chi connectivity index (χ0) is 16.4. The third kappa shape index (κ3) is 2.77. The Morgan fingerprint density at radius 1 is 1.09 bits per heavy atom.